The Morgan fingerprint density at radius 3 is 2.36 bits per heavy atom. The van der Waals surface area contributed by atoms with Crippen LogP contribution in [0, 0.1) is 20.8 Å². The van der Waals surface area contributed by atoms with Crippen molar-refractivity contribution in [3.8, 4) is 11.5 Å². The maximum atomic E-state index is 13.0. The molecule has 0 bridgehead atoms. The zero-order valence-electron chi connectivity index (χ0n) is 14.5. The summed E-state index contributed by atoms with van der Waals surface area (Å²) >= 11 is 0. The lowest BCUT2D eigenvalue weighted by Gasteiger charge is -2.10. The van der Waals surface area contributed by atoms with Gasteiger partial charge in [-0.2, -0.15) is 4.98 Å². The summed E-state index contributed by atoms with van der Waals surface area (Å²) in [5, 5.41) is 3.75. The van der Waals surface area contributed by atoms with Gasteiger partial charge in [0.25, 0.3) is 15.9 Å². The Balaban J connectivity index is 2.05. The summed E-state index contributed by atoms with van der Waals surface area (Å²) in [4.78, 5) is 7.33. The Morgan fingerprint density at radius 2 is 1.80 bits per heavy atom. The average molecular weight is 360 g/mol. The number of nitrogens with zero attached hydrogens (tertiary/aromatic N) is 2. The number of H-pyrrole nitrogens is 1. The number of hydrogen-bond acceptors (Lipinski definition) is 5. The van der Waals surface area contributed by atoms with Crippen molar-refractivity contribution in [3.63, 3.8) is 0 Å². The first kappa shape index (κ1) is 17.2. The van der Waals surface area contributed by atoms with Gasteiger partial charge in [-0.3, -0.25) is 4.72 Å². The lowest BCUT2D eigenvalue weighted by atomic mass is 10.2. The molecule has 3 aromatic rings. The first-order valence-electron chi connectivity index (χ1n) is 7.93. The SMILES string of the molecule is CCc1ccc(NS(=O)(=O)c2c(C)[nH]c(C)c2-c2nc(C)no2)cc1. The van der Waals surface area contributed by atoms with Crippen LogP contribution < -0.4 is 4.72 Å². The van der Waals surface area contributed by atoms with Crippen LogP contribution in [0.15, 0.2) is 33.7 Å². The zero-order valence-corrected chi connectivity index (χ0v) is 15.4. The normalized spacial score (nSPS) is 11.7. The van der Waals surface area contributed by atoms with Gasteiger partial charge in [-0.25, -0.2) is 8.42 Å². The van der Waals surface area contributed by atoms with Crippen LogP contribution in [0.3, 0.4) is 0 Å². The predicted octanol–water partition coefficient (Wildman–Crippen LogP) is 3.35. The van der Waals surface area contributed by atoms with E-state index >= 15 is 0 Å². The molecule has 0 spiro atoms. The van der Waals surface area contributed by atoms with Gasteiger partial charge in [-0.05, 0) is 44.9 Å². The molecule has 7 nitrogen and oxygen atoms in total. The van der Waals surface area contributed by atoms with E-state index in [-0.39, 0.29) is 10.8 Å². The lowest BCUT2D eigenvalue weighted by molar-refractivity contribution is 0.424. The molecule has 0 amide bonds. The van der Waals surface area contributed by atoms with Crippen LogP contribution >= 0.6 is 0 Å². The number of sulfonamides is 1. The third kappa shape index (κ3) is 3.30. The van der Waals surface area contributed by atoms with Gasteiger partial charge in [0, 0.05) is 17.1 Å². The standard InChI is InChI=1S/C17H20N4O3S/c1-5-13-6-8-14(9-7-13)21-25(22,23)16-11(3)18-10(2)15(16)17-19-12(4)20-24-17/h6-9,18,21H,5H2,1-4H3. The second kappa shape index (κ2) is 6.36. The second-order valence-electron chi connectivity index (χ2n) is 5.88. The second-order valence-corrected chi connectivity index (χ2v) is 7.50. The van der Waals surface area contributed by atoms with Gasteiger partial charge < -0.3 is 9.51 Å². The highest BCUT2D eigenvalue weighted by Gasteiger charge is 2.29. The molecule has 0 unspecified atom stereocenters. The van der Waals surface area contributed by atoms with Crippen LogP contribution in [0.25, 0.3) is 11.5 Å². The zero-order chi connectivity index (χ0) is 18.2. The molecule has 25 heavy (non-hydrogen) atoms. The quantitative estimate of drug-likeness (QED) is 0.726. The van der Waals surface area contributed by atoms with Crippen LogP contribution in [0.1, 0.15) is 29.7 Å². The number of aromatic amines is 1. The summed E-state index contributed by atoms with van der Waals surface area (Å²) in [5.41, 5.74) is 3.21. The van der Waals surface area contributed by atoms with Crippen molar-refractivity contribution >= 4 is 15.7 Å². The fourth-order valence-corrected chi connectivity index (χ4v) is 4.28. The molecule has 1 aromatic carbocycles. The van der Waals surface area contributed by atoms with Crippen molar-refractivity contribution in [2.75, 3.05) is 4.72 Å². The first-order chi connectivity index (χ1) is 11.8. The van der Waals surface area contributed by atoms with Gasteiger partial charge in [0.2, 0.25) is 0 Å². The van der Waals surface area contributed by atoms with E-state index in [1.165, 1.54) is 0 Å². The fraction of sp³-hybridized carbons (Fsp3) is 0.294. The van der Waals surface area contributed by atoms with Crippen LogP contribution in [-0.2, 0) is 16.4 Å². The van der Waals surface area contributed by atoms with E-state index in [2.05, 4.69) is 19.8 Å². The van der Waals surface area contributed by atoms with Crippen molar-refractivity contribution in [3.05, 3.63) is 47.0 Å². The van der Waals surface area contributed by atoms with Crippen molar-refractivity contribution in [2.45, 2.75) is 39.0 Å². The Hall–Kier alpha value is -2.61. The Kier molecular flexibility index (Phi) is 4.38. The van der Waals surface area contributed by atoms with Crippen molar-refractivity contribution < 1.29 is 12.9 Å². The first-order valence-corrected chi connectivity index (χ1v) is 9.41. The van der Waals surface area contributed by atoms with Crippen LogP contribution in [-0.4, -0.2) is 23.5 Å². The molecule has 0 aliphatic carbocycles. The molecule has 0 saturated carbocycles. The maximum Gasteiger partial charge on any atom is 0.264 e. The highest BCUT2D eigenvalue weighted by atomic mass is 32.2. The maximum absolute atomic E-state index is 13.0. The number of benzene rings is 1. The number of rotatable bonds is 5. The summed E-state index contributed by atoms with van der Waals surface area (Å²) in [7, 11) is -3.82. The Bertz CT molecular complexity index is 1000. The highest BCUT2D eigenvalue weighted by molar-refractivity contribution is 7.93. The number of anilines is 1. The molecule has 8 heteroatoms. The van der Waals surface area contributed by atoms with Gasteiger partial charge >= 0.3 is 0 Å². The monoisotopic (exact) mass is 360 g/mol. The van der Waals surface area contributed by atoms with Gasteiger partial charge in [0.1, 0.15) is 4.90 Å². The summed E-state index contributed by atoms with van der Waals surface area (Å²) in [5.74, 6) is 0.626. The molecule has 0 aliphatic rings. The molecule has 0 fully saturated rings. The van der Waals surface area contributed by atoms with E-state index in [1.807, 2.05) is 19.1 Å². The van der Waals surface area contributed by atoms with Gasteiger partial charge in [0.05, 0.1) is 5.56 Å². The summed E-state index contributed by atoms with van der Waals surface area (Å²) in [6.45, 7) is 7.21. The minimum Gasteiger partial charge on any atom is -0.361 e. The predicted molar refractivity (Wildman–Crippen MR) is 94.9 cm³/mol. The van der Waals surface area contributed by atoms with Crippen LogP contribution in [0.4, 0.5) is 5.69 Å². The smallest absolute Gasteiger partial charge is 0.264 e. The van der Waals surface area contributed by atoms with Gasteiger partial charge in [-0.1, -0.05) is 24.2 Å². The number of hydrogen-bond donors (Lipinski definition) is 2. The fourth-order valence-electron chi connectivity index (χ4n) is 2.77. The van der Waals surface area contributed by atoms with Crippen LogP contribution in [0.5, 0.6) is 0 Å². The molecule has 2 aromatic heterocycles. The summed E-state index contributed by atoms with van der Waals surface area (Å²) in [6, 6.07) is 7.30. The number of aryl methyl sites for hydroxylation is 4. The van der Waals surface area contributed by atoms with Crippen molar-refractivity contribution in [1.82, 2.24) is 15.1 Å². The average Bonchev–Trinajstić information content (AvgIpc) is 3.10. The van der Waals surface area contributed by atoms with E-state index in [9.17, 15) is 8.42 Å². The van der Waals surface area contributed by atoms with Crippen molar-refractivity contribution in [1.29, 1.82) is 0 Å². The third-order valence-electron chi connectivity index (χ3n) is 3.94. The molecule has 2 heterocycles. The Morgan fingerprint density at radius 1 is 1.12 bits per heavy atom. The van der Waals surface area contributed by atoms with E-state index in [0.29, 0.717) is 28.5 Å². The number of nitrogens with one attached hydrogen (secondary N) is 2. The van der Waals surface area contributed by atoms with Gasteiger partial charge in [-0.15, -0.1) is 0 Å². The van der Waals surface area contributed by atoms with E-state index < -0.39 is 10.0 Å². The minimum atomic E-state index is -3.82. The molecule has 0 radical (unpaired) electrons. The number of aromatic nitrogens is 3. The molecule has 3 rings (SSSR count). The Labute approximate surface area is 146 Å². The lowest BCUT2D eigenvalue weighted by Crippen LogP contribution is -2.14. The molecule has 0 aliphatic heterocycles. The van der Waals surface area contributed by atoms with E-state index in [4.69, 9.17) is 4.52 Å². The molecular weight excluding hydrogens is 340 g/mol. The molecule has 0 atom stereocenters. The third-order valence-corrected chi connectivity index (χ3v) is 5.49. The summed E-state index contributed by atoms with van der Waals surface area (Å²) in [6.07, 6.45) is 0.893. The van der Waals surface area contributed by atoms with E-state index in [0.717, 1.165) is 12.0 Å². The summed E-state index contributed by atoms with van der Waals surface area (Å²) < 4.78 is 33.7. The van der Waals surface area contributed by atoms with Crippen LogP contribution in [0.2, 0.25) is 0 Å². The molecule has 132 valence electrons. The van der Waals surface area contributed by atoms with Gasteiger partial charge in [0.15, 0.2) is 5.82 Å². The largest absolute Gasteiger partial charge is 0.361 e. The van der Waals surface area contributed by atoms with E-state index in [1.54, 1.807) is 32.9 Å². The topological polar surface area (TPSA) is 101 Å². The van der Waals surface area contributed by atoms with Crippen molar-refractivity contribution in [2.24, 2.45) is 0 Å². The minimum absolute atomic E-state index is 0.119. The molecule has 2 N–H and O–H groups in total. The highest BCUT2D eigenvalue weighted by Crippen LogP contribution is 2.33. The molecule has 0 saturated heterocycles. The molecular formula is C17H20N4O3S.